The van der Waals surface area contributed by atoms with Crippen LogP contribution in [0.2, 0.25) is 0 Å². The third kappa shape index (κ3) is 2.67. The lowest BCUT2D eigenvalue weighted by molar-refractivity contribution is 0.504. The van der Waals surface area contributed by atoms with Gasteiger partial charge in [-0.3, -0.25) is 0 Å². The summed E-state index contributed by atoms with van der Waals surface area (Å²) in [6.07, 6.45) is 2.08. The highest BCUT2D eigenvalue weighted by molar-refractivity contribution is 5.37. The zero-order valence-electron chi connectivity index (χ0n) is 8.55. The fourth-order valence-electron chi connectivity index (χ4n) is 1.04. The van der Waals surface area contributed by atoms with Crippen molar-refractivity contribution in [2.24, 2.45) is 5.73 Å². The Kier molecular flexibility index (Phi) is 3.41. The van der Waals surface area contributed by atoms with Crippen LogP contribution >= 0.6 is 0 Å². The molecular weight excluding hydrogens is 181 g/mol. The fraction of sp³-hybridized carbons (Fsp3) is 0.500. The van der Waals surface area contributed by atoms with Crippen LogP contribution in [0.4, 0.5) is 10.2 Å². The van der Waals surface area contributed by atoms with Crippen molar-refractivity contribution in [3.8, 4) is 0 Å². The molecule has 1 aromatic heterocycles. The Morgan fingerprint density at radius 3 is 2.71 bits per heavy atom. The van der Waals surface area contributed by atoms with E-state index >= 15 is 0 Å². The highest BCUT2D eigenvalue weighted by Crippen LogP contribution is 2.15. The standard InChI is InChI=1S/C10H16FN3/c1-3-10(2,7-12)14-9-5-4-8(11)6-13-9/h4-6H,3,7,12H2,1-2H3,(H,13,14). The first-order valence-electron chi connectivity index (χ1n) is 4.69. The molecule has 78 valence electrons. The van der Waals surface area contributed by atoms with E-state index in [4.69, 9.17) is 5.73 Å². The van der Waals surface area contributed by atoms with Crippen LogP contribution in [0.3, 0.4) is 0 Å². The number of rotatable bonds is 4. The lowest BCUT2D eigenvalue weighted by Gasteiger charge is -2.28. The van der Waals surface area contributed by atoms with E-state index in [1.807, 2.05) is 13.8 Å². The molecule has 0 aromatic carbocycles. The van der Waals surface area contributed by atoms with Crippen LogP contribution in [0.1, 0.15) is 20.3 Å². The number of halogens is 1. The normalized spacial score (nSPS) is 14.9. The van der Waals surface area contributed by atoms with Crippen molar-refractivity contribution in [3.05, 3.63) is 24.1 Å². The fourth-order valence-corrected chi connectivity index (χ4v) is 1.04. The third-order valence-corrected chi connectivity index (χ3v) is 2.39. The van der Waals surface area contributed by atoms with E-state index in [2.05, 4.69) is 10.3 Å². The van der Waals surface area contributed by atoms with E-state index in [1.165, 1.54) is 12.3 Å². The molecule has 0 radical (unpaired) electrons. The summed E-state index contributed by atoms with van der Waals surface area (Å²) in [6.45, 7) is 4.57. The first-order chi connectivity index (χ1) is 6.59. The van der Waals surface area contributed by atoms with Crippen LogP contribution in [-0.2, 0) is 0 Å². The maximum atomic E-state index is 12.6. The largest absolute Gasteiger partial charge is 0.364 e. The van der Waals surface area contributed by atoms with Crippen molar-refractivity contribution in [1.29, 1.82) is 0 Å². The molecule has 0 fully saturated rings. The lowest BCUT2D eigenvalue weighted by atomic mass is 9.99. The van der Waals surface area contributed by atoms with E-state index in [-0.39, 0.29) is 11.4 Å². The molecule has 0 saturated heterocycles. The molecule has 3 N–H and O–H groups in total. The molecule has 0 aliphatic rings. The number of anilines is 1. The lowest BCUT2D eigenvalue weighted by Crippen LogP contribution is -2.42. The van der Waals surface area contributed by atoms with E-state index in [1.54, 1.807) is 6.07 Å². The van der Waals surface area contributed by atoms with Gasteiger partial charge in [0, 0.05) is 12.1 Å². The van der Waals surface area contributed by atoms with Gasteiger partial charge in [0.15, 0.2) is 0 Å². The molecule has 1 rings (SSSR count). The second-order valence-electron chi connectivity index (χ2n) is 3.60. The first-order valence-corrected chi connectivity index (χ1v) is 4.69. The van der Waals surface area contributed by atoms with E-state index < -0.39 is 0 Å². The van der Waals surface area contributed by atoms with Crippen LogP contribution in [0, 0.1) is 5.82 Å². The van der Waals surface area contributed by atoms with Crippen molar-refractivity contribution in [2.45, 2.75) is 25.8 Å². The molecular formula is C10H16FN3. The number of hydrogen-bond acceptors (Lipinski definition) is 3. The van der Waals surface area contributed by atoms with Gasteiger partial charge in [0.2, 0.25) is 0 Å². The van der Waals surface area contributed by atoms with E-state index in [0.29, 0.717) is 12.4 Å². The second-order valence-corrected chi connectivity index (χ2v) is 3.60. The van der Waals surface area contributed by atoms with Crippen LogP contribution in [0.25, 0.3) is 0 Å². The second kappa shape index (κ2) is 4.37. The molecule has 0 aliphatic carbocycles. The van der Waals surface area contributed by atoms with Gasteiger partial charge in [-0.1, -0.05) is 6.92 Å². The summed E-state index contributed by atoms with van der Waals surface area (Å²) in [6, 6.07) is 2.99. The Labute approximate surface area is 83.5 Å². The smallest absolute Gasteiger partial charge is 0.141 e. The highest BCUT2D eigenvalue weighted by atomic mass is 19.1. The molecule has 1 aromatic rings. The van der Waals surface area contributed by atoms with Crippen molar-refractivity contribution in [2.75, 3.05) is 11.9 Å². The molecule has 1 unspecified atom stereocenters. The molecule has 0 aliphatic heterocycles. The predicted molar refractivity (Wildman–Crippen MR) is 55.6 cm³/mol. The van der Waals surface area contributed by atoms with Crippen LogP contribution in [-0.4, -0.2) is 17.1 Å². The Morgan fingerprint density at radius 2 is 2.29 bits per heavy atom. The Bertz CT molecular complexity index is 280. The van der Waals surface area contributed by atoms with E-state index in [9.17, 15) is 4.39 Å². The van der Waals surface area contributed by atoms with Gasteiger partial charge in [0.05, 0.1) is 6.20 Å². The number of nitrogens with zero attached hydrogens (tertiary/aromatic N) is 1. The first kappa shape index (κ1) is 10.9. The quantitative estimate of drug-likeness (QED) is 0.773. The van der Waals surface area contributed by atoms with E-state index in [0.717, 1.165) is 6.42 Å². The minimum atomic E-state index is -0.332. The average molecular weight is 197 g/mol. The van der Waals surface area contributed by atoms with Gasteiger partial charge in [0.25, 0.3) is 0 Å². The van der Waals surface area contributed by atoms with Gasteiger partial charge in [-0.2, -0.15) is 0 Å². The Hall–Kier alpha value is -1.16. The van der Waals surface area contributed by atoms with Crippen molar-refractivity contribution in [3.63, 3.8) is 0 Å². The number of pyridine rings is 1. The molecule has 14 heavy (non-hydrogen) atoms. The Morgan fingerprint density at radius 1 is 1.57 bits per heavy atom. The van der Waals surface area contributed by atoms with Gasteiger partial charge >= 0.3 is 0 Å². The van der Waals surface area contributed by atoms with Crippen molar-refractivity contribution < 1.29 is 4.39 Å². The highest BCUT2D eigenvalue weighted by Gasteiger charge is 2.19. The number of hydrogen-bond donors (Lipinski definition) is 2. The van der Waals surface area contributed by atoms with Gasteiger partial charge in [-0.15, -0.1) is 0 Å². The number of nitrogens with one attached hydrogen (secondary N) is 1. The molecule has 0 bridgehead atoms. The minimum absolute atomic E-state index is 0.176. The van der Waals surface area contributed by atoms with Crippen LogP contribution in [0.5, 0.6) is 0 Å². The monoisotopic (exact) mass is 197 g/mol. The summed E-state index contributed by atoms with van der Waals surface area (Å²) >= 11 is 0. The predicted octanol–water partition coefficient (Wildman–Crippen LogP) is 1.76. The summed E-state index contributed by atoms with van der Waals surface area (Å²) in [5.74, 6) is 0.322. The van der Waals surface area contributed by atoms with Crippen molar-refractivity contribution >= 4 is 5.82 Å². The minimum Gasteiger partial charge on any atom is -0.364 e. The summed E-state index contributed by atoms with van der Waals surface area (Å²) in [5, 5.41) is 3.18. The molecule has 0 spiro atoms. The summed E-state index contributed by atoms with van der Waals surface area (Å²) < 4.78 is 12.6. The van der Waals surface area contributed by atoms with Crippen LogP contribution < -0.4 is 11.1 Å². The maximum absolute atomic E-state index is 12.6. The molecule has 1 heterocycles. The third-order valence-electron chi connectivity index (χ3n) is 2.39. The average Bonchev–Trinajstić information content (AvgIpc) is 2.21. The summed E-state index contributed by atoms with van der Waals surface area (Å²) in [7, 11) is 0. The zero-order chi connectivity index (χ0) is 10.6. The summed E-state index contributed by atoms with van der Waals surface area (Å²) in [4.78, 5) is 3.92. The number of aromatic nitrogens is 1. The van der Waals surface area contributed by atoms with Gasteiger partial charge < -0.3 is 11.1 Å². The molecule has 0 saturated carbocycles. The maximum Gasteiger partial charge on any atom is 0.141 e. The van der Waals surface area contributed by atoms with Gasteiger partial charge in [0.1, 0.15) is 11.6 Å². The zero-order valence-corrected chi connectivity index (χ0v) is 8.55. The molecule has 0 amide bonds. The summed E-state index contributed by atoms with van der Waals surface area (Å²) in [5.41, 5.74) is 5.46. The van der Waals surface area contributed by atoms with Gasteiger partial charge in [-0.05, 0) is 25.5 Å². The van der Waals surface area contributed by atoms with Crippen molar-refractivity contribution in [1.82, 2.24) is 4.98 Å². The molecule has 3 nitrogen and oxygen atoms in total. The number of nitrogens with two attached hydrogens (primary N) is 1. The Balaban J connectivity index is 2.72. The molecule has 1 atom stereocenters. The topological polar surface area (TPSA) is 50.9 Å². The SMILES string of the molecule is CCC(C)(CN)Nc1ccc(F)cn1. The molecule has 4 heteroatoms. The van der Waals surface area contributed by atoms with Crippen LogP contribution in [0.15, 0.2) is 18.3 Å². The van der Waals surface area contributed by atoms with Gasteiger partial charge in [-0.25, -0.2) is 9.37 Å².